The van der Waals surface area contributed by atoms with E-state index in [2.05, 4.69) is 0 Å². The molecule has 0 saturated heterocycles. The molecular weight excluding hydrogens is 146 g/mol. The van der Waals surface area contributed by atoms with Gasteiger partial charge in [-0.25, -0.2) is 8.78 Å². The fraction of sp³-hybridized carbons (Fsp3) is 0.333. The minimum atomic E-state index is -1.23. The highest BCUT2D eigenvalue weighted by Crippen LogP contribution is 2.21. The van der Waals surface area contributed by atoms with Crippen LogP contribution in [-0.2, 0) is 0 Å². The first-order valence-corrected chi connectivity index (χ1v) is 3.52. The van der Waals surface area contributed by atoms with Crippen LogP contribution in [0.2, 0.25) is 0 Å². The molecule has 0 aliphatic rings. The molecule has 11 heavy (non-hydrogen) atoms. The minimum Gasteiger partial charge on any atom is -0.242 e. The number of alkyl halides is 1. The molecule has 0 bridgehead atoms. The van der Waals surface area contributed by atoms with E-state index in [1.807, 2.05) is 0 Å². The van der Waals surface area contributed by atoms with E-state index < -0.39 is 12.0 Å². The lowest BCUT2D eigenvalue weighted by Gasteiger charge is -2.04. The third kappa shape index (κ3) is 1.56. The molecule has 0 aromatic heterocycles. The Balaban J connectivity index is 3.17. The summed E-state index contributed by atoms with van der Waals surface area (Å²) < 4.78 is 25.6. The summed E-state index contributed by atoms with van der Waals surface area (Å²) in [5.74, 6) is -0.428. The van der Waals surface area contributed by atoms with Gasteiger partial charge in [0.25, 0.3) is 0 Å². The Hall–Kier alpha value is -0.920. The van der Waals surface area contributed by atoms with E-state index >= 15 is 0 Å². The van der Waals surface area contributed by atoms with Gasteiger partial charge in [0.15, 0.2) is 0 Å². The average molecular weight is 156 g/mol. The van der Waals surface area contributed by atoms with E-state index in [9.17, 15) is 8.78 Å². The van der Waals surface area contributed by atoms with Crippen LogP contribution >= 0.6 is 0 Å². The highest BCUT2D eigenvalue weighted by molar-refractivity contribution is 5.26. The van der Waals surface area contributed by atoms with Gasteiger partial charge in [-0.1, -0.05) is 18.2 Å². The van der Waals surface area contributed by atoms with E-state index in [4.69, 9.17) is 0 Å². The van der Waals surface area contributed by atoms with Crippen LogP contribution in [0.25, 0.3) is 0 Å². The van der Waals surface area contributed by atoms with E-state index in [1.165, 1.54) is 13.0 Å². The lowest BCUT2D eigenvalue weighted by Crippen LogP contribution is -1.93. The van der Waals surface area contributed by atoms with Crippen LogP contribution in [0.5, 0.6) is 0 Å². The zero-order valence-electron chi connectivity index (χ0n) is 6.57. The van der Waals surface area contributed by atoms with Gasteiger partial charge in [-0.2, -0.15) is 0 Å². The fourth-order valence-corrected chi connectivity index (χ4v) is 0.977. The second-order valence-electron chi connectivity index (χ2n) is 2.59. The van der Waals surface area contributed by atoms with Crippen molar-refractivity contribution in [2.24, 2.45) is 0 Å². The molecule has 1 unspecified atom stereocenters. The van der Waals surface area contributed by atoms with Crippen LogP contribution in [0.3, 0.4) is 0 Å². The smallest absolute Gasteiger partial charge is 0.132 e. The molecular formula is C9H10F2. The van der Waals surface area contributed by atoms with Crippen LogP contribution < -0.4 is 0 Å². The Morgan fingerprint density at radius 3 is 2.45 bits per heavy atom. The summed E-state index contributed by atoms with van der Waals surface area (Å²) in [6, 6.07) is 4.75. The van der Waals surface area contributed by atoms with Crippen molar-refractivity contribution in [1.29, 1.82) is 0 Å². The topological polar surface area (TPSA) is 0 Å². The zero-order chi connectivity index (χ0) is 8.43. The summed E-state index contributed by atoms with van der Waals surface area (Å²) in [5, 5.41) is 0. The Bertz CT molecular complexity index is 254. The predicted octanol–water partition coefficient (Wildman–Crippen LogP) is 3.16. The van der Waals surface area contributed by atoms with Crippen molar-refractivity contribution in [1.82, 2.24) is 0 Å². The van der Waals surface area contributed by atoms with Crippen molar-refractivity contribution in [3.05, 3.63) is 35.1 Å². The molecule has 1 atom stereocenters. The van der Waals surface area contributed by atoms with Gasteiger partial charge in [-0.15, -0.1) is 0 Å². The molecule has 1 rings (SSSR count). The summed E-state index contributed by atoms with van der Waals surface area (Å²) in [4.78, 5) is 0. The lowest BCUT2D eigenvalue weighted by atomic mass is 10.1. The molecule has 0 amide bonds. The quantitative estimate of drug-likeness (QED) is 0.585. The van der Waals surface area contributed by atoms with Gasteiger partial charge in [0.1, 0.15) is 12.0 Å². The van der Waals surface area contributed by atoms with Crippen LogP contribution in [0.4, 0.5) is 8.78 Å². The van der Waals surface area contributed by atoms with Crippen LogP contribution in [0, 0.1) is 12.7 Å². The molecule has 0 nitrogen and oxygen atoms in total. The number of benzene rings is 1. The van der Waals surface area contributed by atoms with Crippen molar-refractivity contribution >= 4 is 0 Å². The summed E-state index contributed by atoms with van der Waals surface area (Å²) in [6.07, 6.45) is -1.23. The van der Waals surface area contributed by atoms with Crippen LogP contribution in [-0.4, -0.2) is 0 Å². The van der Waals surface area contributed by atoms with Crippen molar-refractivity contribution in [3.63, 3.8) is 0 Å². The largest absolute Gasteiger partial charge is 0.242 e. The van der Waals surface area contributed by atoms with Gasteiger partial charge in [-0.3, -0.25) is 0 Å². The van der Waals surface area contributed by atoms with Gasteiger partial charge in [0.2, 0.25) is 0 Å². The zero-order valence-corrected chi connectivity index (χ0v) is 6.57. The first-order chi connectivity index (χ1) is 5.13. The molecule has 2 heteroatoms. The van der Waals surface area contributed by atoms with Crippen LogP contribution in [0.1, 0.15) is 24.2 Å². The third-order valence-electron chi connectivity index (χ3n) is 1.65. The molecule has 0 aliphatic carbocycles. The van der Waals surface area contributed by atoms with Crippen molar-refractivity contribution in [3.8, 4) is 0 Å². The molecule has 1 aromatic carbocycles. The Morgan fingerprint density at radius 2 is 2.00 bits per heavy atom. The number of halogens is 2. The predicted molar refractivity (Wildman–Crippen MR) is 40.7 cm³/mol. The maximum Gasteiger partial charge on any atom is 0.132 e. The van der Waals surface area contributed by atoms with Gasteiger partial charge in [-0.05, 0) is 19.4 Å². The summed E-state index contributed by atoms with van der Waals surface area (Å²) in [6.45, 7) is 2.96. The summed E-state index contributed by atoms with van der Waals surface area (Å²) in [7, 11) is 0. The normalized spacial score (nSPS) is 13.1. The molecule has 0 aliphatic heterocycles. The molecule has 1 aromatic rings. The number of hydrogen-bond donors (Lipinski definition) is 0. The molecule has 0 fully saturated rings. The van der Waals surface area contributed by atoms with E-state index in [-0.39, 0.29) is 5.56 Å². The second-order valence-corrected chi connectivity index (χ2v) is 2.59. The first-order valence-electron chi connectivity index (χ1n) is 3.52. The standard InChI is InChI=1S/C9H10F2/c1-6-4-3-5-8(7(2)10)9(6)11/h3-5,7H,1-2H3. The van der Waals surface area contributed by atoms with Crippen molar-refractivity contribution < 1.29 is 8.78 Å². The van der Waals surface area contributed by atoms with Crippen LogP contribution in [0.15, 0.2) is 18.2 Å². The van der Waals surface area contributed by atoms with E-state index in [1.54, 1.807) is 19.1 Å². The number of aryl methyl sites for hydroxylation is 1. The Kier molecular flexibility index (Phi) is 2.22. The molecule has 0 radical (unpaired) electrons. The van der Waals surface area contributed by atoms with Crippen molar-refractivity contribution in [2.75, 3.05) is 0 Å². The highest BCUT2D eigenvalue weighted by atomic mass is 19.1. The molecule has 0 saturated carbocycles. The van der Waals surface area contributed by atoms with E-state index in [0.29, 0.717) is 5.56 Å². The first kappa shape index (κ1) is 8.18. The SMILES string of the molecule is Cc1cccc(C(C)F)c1F. The molecule has 0 spiro atoms. The molecule has 0 N–H and O–H groups in total. The second kappa shape index (κ2) is 2.99. The van der Waals surface area contributed by atoms with Gasteiger partial charge in [0, 0.05) is 5.56 Å². The summed E-state index contributed by atoms with van der Waals surface area (Å²) in [5.41, 5.74) is 0.636. The van der Waals surface area contributed by atoms with Gasteiger partial charge in [0.05, 0.1) is 0 Å². The lowest BCUT2D eigenvalue weighted by molar-refractivity contribution is 0.360. The van der Waals surface area contributed by atoms with E-state index in [0.717, 1.165) is 0 Å². The highest BCUT2D eigenvalue weighted by Gasteiger charge is 2.09. The maximum atomic E-state index is 13.0. The fourth-order valence-electron chi connectivity index (χ4n) is 0.977. The minimum absolute atomic E-state index is 0.144. The monoisotopic (exact) mass is 156 g/mol. The Morgan fingerprint density at radius 1 is 1.36 bits per heavy atom. The van der Waals surface area contributed by atoms with Crippen molar-refractivity contribution in [2.45, 2.75) is 20.0 Å². The van der Waals surface area contributed by atoms with Gasteiger partial charge < -0.3 is 0 Å². The number of hydrogen-bond acceptors (Lipinski definition) is 0. The molecule has 0 heterocycles. The summed E-state index contributed by atoms with van der Waals surface area (Å²) >= 11 is 0. The average Bonchev–Trinajstić information content (AvgIpc) is 1.94. The maximum absolute atomic E-state index is 13.0. The van der Waals surface area contributed by atoms with Gasteiger partial charge >= 0.3 is 0 Å². The third-order valence-corrected chi connectivity index (χ3v) is 1.65. The number of rotatable bonds is 1. The molecule has 60 valence electrons. The Labute approximate surface area is 64.9 Å².